The molecule has 0 unspecified atom stereocenters. The Morgan fingerprint density at radius 3 is 2.95 bits per heavy atom. The Morgan fingerprint density at radius 1 is 1.45 bits per heavy atom. The molecule has 0 bridgehead atoms. The van der Waals surface area contributed by atoms with Gasteiger partial charge in [0.1, 0.15) is 5.69 Å². The van der Waals surface area contributed by atoms with Crippen molar-refractivity contribution in [2.24, 2.45) is 5.92 Å². The van der Waals surface area contributed by atoms with Crippen molar-refractivity contribution in [3.05, 3.63) is 30.1 Å². The maximum Gasteiger partial charge on any atom is 0.361 e. The number of carbonyl (C=O) groups excluding carboxylic acids is 1. The van der Waals surface area contributed by atoms with E-state index in [-0.39, 0.29) is 5.69 Å². The lowest BCUT2D eigenvalue weighted by Crippen LogP contribution is -2.09. The van der Waals surface area contributed by atoms with Gasteiger partial charge in [0.15, 0.2) is 5.69 Å². The second-order valence-corrected chi connectivity index (χ2v) is 4.85. The maximum atomic E-state index is 12.0. The third-order valence-electron chi connectivity index (χ3n) is 3.24. The maximum absolute atomic E-state index is 12.0. The number of nitrogens with zero attached hydrogens (tertiary/aromatic N) is 4. The van der Waals surface area contributed by atoms with Gasteiger partial charge in [0.2, 0.25) is 0 Å². The molecule has 6 nitrogen and oxygen atoms in total. The summed E-state index contributed by atoms with van der Waals surface area (Å²) in [5, 5.41) is 8.09. The van der Waals surface area contributed by atoms with Gasteiger partial charge in [-0.1, -0.05) is 11.3 Å². The van der Waals surface area contributed by atoms with Gasteiger partial charge in [0.05, 0.1) is 12.3 Å². The van der Waals surface area contributed by atoms with Gasteiger partial charge >= 0.3 is 5.97 Å². The predicted octanol–water partition coefficient (Wildman–Crippen LogP) is 1.93. The van der Waals surface area contributed by atoms with E-state index in [1.165, 1.54) is 12.8 Å². The summed E-state index contributed by atoms with van der Waals surface area (Å²) < 4.78 is 6.81. The summed E-state index contributed by atoms with van der Waals surface area (Å²) in [4.78, 5) is 16.3. The second-order valence-electron chi connectivity index (χ2n) is 4.85. The molecule has 0 aliphatic heterocycles. The lowest BCUT2D eigenvalue weighted by atomic mass is 10.2. The first-order chi connectivity index (χ1) is 9.79. The van der Waals surface area contributed by atoms with Crippen molar-refractivity contribution >= 4 is 5.97 Å². The van der Waals surface area contributed by atoms with Crippen LogP contribution >= 0.6 is 0 Å². The summed E-state index contributed by atoms with van der Waals surface area (Å²) in [6, 6.07) is 5.57. The van der Waals surface area contributed by atoms with Gasteiger partial charge in [0.25, 0.3) is 0 Å². The van der Waals surface area contributed by atoms with Crippen LogP contribution in [-0.4, -0.2) is 32.6 Å². The molecule has 0 atom stereocenters. The number of aromatic nitrogens is 4. The lowest BCUT2D eigenvalue weighted by molar-refractivity contribution is 0.0520. The quantitative estimate of drug-likeness (QED) is 0.778. The summed E-state index contributed by atoms with van der Waals surface area (Å²) >= 11 is 0. The van der Waals surface area contributed by atoms with E-state index in [0.717, 1.165) is 6.54 Å². The van der Waals surface area contributed by atoms with Gasteiger partial charge in [-0.2, -0.15) is 0 Å². The number of hydrogen-bond donors (Lipinski definition) is 0. The van der Waals surface area contributed by atoms with Crippen molar-refractivity contribution in [1.29, 1.82) is 0 Å². The van der Waals surface area contributed by atoms with Crippen LogP contribution in [0.25, 0.3) is 11.4 Å². The Labute approximate surface area is 116 Å². The van der Waals surface area contributed by atoms with E-state index >= 15 is 0 Å². The average Bonchev–Trinajstić information content (AvgIpc) is 3.17. The predicted molar refractivity (Wildman–Crippen MR) is 71.9 cm³/mol. The van der Waals surface area contributed by atoms with Crippen molar-refractivity contribution in [1.82, 2.24) is 20.0 Å². The highest BCUT2D eigenvalue weighted by Crippen LogP contribution is 2.32. The van der Waals surface area contributed by atoms with Crippen LogP contribution in [0.1, 0.15) is 30.3 Å². The molecular weight excluding hydrogens is 256 g/mol. The molecule has 1 aliphatic carbocycles. The zero-order valence-electron chi connectivity index (χ0n) is 11.3. The van der Waals surface area contributed by atoms with E-state index in [2.05, 4.69) is 15.3 Å². The first-order valence-corrected chi connectivity index (χ1v) is 6.81. The molecule has 1 aliphatic rings. The first kappa shape index (κ1) is 12.8. The Kier molecular flexibility index (Phi) is 3.45. The summed E-state index contributed by atoms with van der Waals surface area (Å²) in [5.74, 6) is 0.185. The third-order valence-corrected chi connectivity index (χ3v) is 3.24. The number of carbonyl (C=O) groups is 1. The van der Waals surface area contributed by atoms with Crippen LogP contribution in [0.5, 0.6) is 0 Å². The fraction of sp³-hybridized carbons (Fsp3) is 0.429. The van der Waals surface area contributed by atoms with E-state index in [0.29, 0.717) is 23.9 Å². The fourth-order valence-corrected chi connectivity index (χ4v) is 2.08. The SMILES string of the molecule is CCOC(=O)c1nnn(CC2CC2)c1-c1ccccn1. The Morgan fingerprint density at radius 2 is 2.30 bits per heavy atom. The largest absolute Gasteiger partial charge is 0.461 e. The van der Waals surface area contributed by atoms with E-state index in [1.54, 1.807) is 17.8 Å². The standard InChI is InChI=1S/C14H16N4O2/c1-2-20-14(19)12-13(11-5-3-4-8-15-11)18(17-16-12)9-10-6-7-10/h3-5,8,10H,2,6-7,9H2,1H3. The van der Waals surface area contributed by atoms with Crippen LogP contribution < -0.4 is 0 Å². The van der Waals surface area contributed by atoms with Crippen LogP contribution in [0.4, 0.5) is 0 Å². The monoisotopic (exact) mass is 272 g/mol. The van der Waals surface area contributed by atoms with E-state index in [9.17, 15) is 4.79 Å². The van der Waals surface area contributed by atoms with Crippen LogP contribution in [0.15, 0.2) is 24.4 Å². The highest BCUT2D eigenvalue weighted by atomic mass is 16.5. The summed E-state index contributed by atoms with van der Waals surface area (Å²) in [5.41, 5.74) is 1.59. The summed E-state index contributed by atoms with van der Waals surface area (Å²) in [6.45, 7) is 2.86. The molecule has 0 N–H and O–H groups in total. The van der Waals surface area contributed by atoms with Gasteiger partial charge in [-0.15, -0.1) is 5.10 Å². The Hall–Kier alpha value is -2.24. The highest BCUT2D eigenvalue weighted by Gasteiger charge is 2.28. The van der Waals surface area contributed by atoms with E-state index < -0.39 is 5.97 Å². The van der Waals surface area contributed by atoms with Crippen molar-refractivity contribution in [3.8, 4) is 11.4 Å². The molecule has 3 rings (SSSR count). The molecule has 20 heavy (non-hydrogen) atoms. The molecule has 104 valence electrons. The fourth-order valence-electron chi connectivity index (χ4n) is 2.08. The minimum atomic E-state index is -0.449. The number of pyridine rings is 1. The van der Waals surface area contributed by atoms with Gasteiger partial charge in [0, 0.05) is 12.7 Å². The van der Waals surface area contributed by atoms with Crippen LogP contribution in [-0.2, 0) is 11.3 Å². The molecule has 0 radical (unpaired) electrons. The van der Waals surface area contributed by atoms with Crippen LogP contribution in [0, 0.1) is 5.92 Å². The van der Waals surface area contributed by atoms with Crippen LogP contribution in [0.3, 0.4) is 0 Å². The number of ether oxygens (including phenoxy) is 1. The number of esters is 1. The summed E-state index contributed by atoms with van der Waals surface area (Å²) in [7, 11) is 0. The topological polar surface area (TPSA) is 69.9 Å². The van der Waals surface area contributed by atoms with E-state index in [1.807, 2.05) is 18.2 Å². The normalized spacial score (nSPS) is 14.2. The van der Waals surface area contributed by atoms with Crippen molar-refractivity contribution in [3.63, 3.8) is 0 Å². The number of rotatable bonds is 5. The van der Waals surface area contributed by atoms with Gasteiger partial charge in [-0.3, -0.25) is 4.98 Å². The third kappa shape index (κ3) is 2.54. The Balaban J connectivity index is 2.01. The van der Waals surface area contributed by atoms with Gasteiger partial charge in [-0.05, 0) is 37.8 Å². The van der Waals surface area contributed by atoms with Crippen molar-refractivity contribution < 1.29 is 9.53 Å². The zero-order chi connectivity index (χ0) is 13.9. The molecule has 0 aromatic carbocycles. The van der Waals surface area contributed by atoms with Gasteiger partial charge < -0.3 is 4.74 Å². The number of hydrogen-bond acceptors (Lipinski definition) is 5. The molecule has 2 heterocycles. The molecule has 2 aromatic rings. The molecule has 2 aromatic heterocycles. The molecule has 1 fully saturated rings. The highest BCUT2D eigenvalue weighted by molar-refractivity contribution is 5.93. The van der Waals surface area contributed by atoms with Crippen LogP contribution in [0.2, 0.25) is 0 Å². The first-order valence-electron chi connectivity index (χ1n) is 6.81. The molecule has 0 spiro atoms. The zero-order valence-corrected chi connectivity index (χ0v) is 11.3. The molecule has 1 saturated carbocycles. The van der Waals surface area contributed by atoms with E-state index in [4.69, 9.17) is 4.74 Å². The van der Waals surface area contributed by atoms with Gasteiger partial charge in [-0.25, -0.2) is 9.48 Å². The molecule has 0 saturated heterocycles. The minimum absolute atomic E-state index is 0.242. The Bertz CT molecular complexity index is 605. The molecule has 0 amide bonds. The molecule has 6 heteroatoms. The average molecular weight is 272 g/mol. The lowest BCUT2D eigenvalue weighted by Gasteiger charge is -2.06. The van der Waals surface area contributed by atoms with Crippen molar-refractivity contribution in [2.45, 2.75) is 26.3 Å². The minimum Gasteiger partial charge on any atom is -0.461 e. The summed E-state index contributed by atoms with van der Waals surface area (Å²) in [6.07, 6.45) is 4.10. The van der Waals surface area contributed by atoms with Crippen molar-refractivity contribution in [2.75, 3.05) is 6.61 Å². The second kappa shape index (κ2) is 5.40. The smallest absolute Gasteiger partial charge is 0.361 e. The molecular formula is C14H16N4O2.